The van der Waals surface area contributed by atoms with Gasteiger partial charge in [0.15, 0.2) is 0 Å². The number of anilines is 1. The van der Waals surface area contributed by atoms with Crippen molar-refractivity contribution in [3.8, 4) is 5.75 Å². The minimum absolute atomic E-state index is 0.293. The number of rotatable bonds is 7. The number of aromatic nitrogens is 1. The van der Waals surface area contributed by atoms with Gasteiger partial charge in [-0.15, -0.1) is 0 Å². The molecule has 29 heavy (non-hydrogen) atoms. The Morgan fingerprint density at radius 3 is 2.55 bits per heavy atom. The number of amides is 1. The summed E-state index contributed by atoms with van der Waals surface area (Å²) in [7, 11) is 1.61. The van der Waals surface area contributed by atoms with Gasteiger partial charge < -0.3 is 9.64 Å². The Balaban J connectivity index is 1.72. The minimum atomic E-state index is -0.293. The van der Waals surface area contributed by atoms with Crippen LogP contribution < -0.4 is 15.1 Å². The number of nitrogens with zero attached hydrogens (tertiary/aromatic N) is 3. The van der Waals surface area contributed by atoms with Gasteiger partial charge in [0, 0.05) is 35.3 Å². The van der Waals surface area contributed by atoms with Gasteiger partial charge in [-0.05, 0) is 62.4 Å². The number of ether oxygens (including phenoxy) is 1. The van der Waals surface area contributed by atoms with Crippen LogP contribution in [0.3, 0.4) is 0 Å². The number of hydrazone groups is 1. The molecule has 0 radical (unpaired) electrons. The lowest BCUT2D eigenvalue weighted by Gasteiger charge is -2.20. The van der Waals surface area contributed by atoms with Gasteiger partial charge in [-0.25, -0.2) is 10.4 Å². The zero-order valence-corrected chi connectivity index (χ0v) is 17.4. The Labute approximate surface area is 175 Å². The molecule has 3 aromatic rings. The summed E-state index contributed by atoms with van der Waals surface area (Å²) >= 11 is 6.23. The molecule has 3 rings (SSSR count). The maximum Gasteiger partial charge on any atom is 0.271 e. The number of pyridine rings is 1. The lowest BCUT2D eigenvalue weighted by Crippen LogP contribution is -2.22. The molecule has 2 aromatic carbocycles. The Morgan fingerprint density at radius 2 is 1.90 bits per heavy atom. The van der Waals surface area contributed by atoms with E-state index in [1.54, 1.807) is 19.2 Å². The first kappa shape index (κ1) is 20.6. The number of carbonyl (C=O) groups is 1. The maximum atomic E-state index is 12.3. The van der Waals surface area contributed by atoms with Crippen LogP contribution in [0.15, 0.2) is 53.6 Å². The molecule has 1 heterocycles. The standard InChI is InChI=1S/C22H23ClN4O2/c1-4-27(5-2)18-8-6-15(7-9-18)22(28)26-24-14-17-12-16-13-19(29-3)10-11-20(16)25-21(17)23/h6-14H,4-5H2,1-3H3,(H,26,28)/b24-14-. The molecule has 0 bridgehead atoms. The molecule has 0 spiro atoms. The van der Waals surface area contributed by atoms with E-state index < -0.39 is 0 Å². The fourth-order valence-corrected chi connectivity index (χ4v) is 3.20. The first-order valence-corrected chi connectivity index (χ1v) is 9.76. The quantitative estimate of drug-likeness (QED) is 0.353. The topological polar surface area (TPSA) is 66.8 Å². The molecular formula is C22H23ClN4O2. The average molecular weight is 411 g/mol. The SMILES string of the molecule is CCN(CC)c1ccc(C(=O)N/N=C\c2cc3cc(OC)ccc3nc2Cl)cc1. The molecule has 1 amide bonds. The second-order valence-electron chi connectivity index (χ2n) is 6.35. The van der Waals surface area contributed by atoms with Gasteiger partial charge in [0.05, 0.1) is 18.8 Å². The van der Waals surface area contributed by atoms with Crippen LogP contribution in [0.25, 0.3) is 10.9 Å². The van der Waals surface area contributed by atoms with Crippen LogP contribution in [-0.4, -0.2) is 37.3 Å². The number of hydrogen-bond acceptors (Lipinski definition) is 5. The lowest BCUT2D eigenvalue weighted by atomic mass is 10.1. The summed E-state index contributed by atoms with van der Waals surface area (Å²) in [6.45, 7) is 6.03. The first-order valence-electron chi connectivity index (χ1n) is 9.38. The average Bonchev–Trinajstić information content (AvgIpc) is 2.75. The van der Waals surface area contributed by atoms with Crippen LogP contribution in [0.4, 0.5) is 5.69 Å². The van der Waals surface area contributed by atoms with Crippen molar-refractivity contribution < 1.29 is 9.53 Å². The van der Waals surface area contributed by atoms with Gasteiger partial charge >= 0.3 is 0 Å². The summed E-state index contributed by atoms with van der Waals surface area (Å²) in [6, 6.07) is 14.8. The molecule has 0 atom stereocenters. The number of benzene rings is 2. The molecule has 0 saturated carbocycles. The van der Waals surface area contributed by atoms with Crippen molar-refractivity contribution in [2.75, 3.05) is 25.1 Å². The minimum Gasteiger partial charge on any atom is -0.497 e. The Morgan fingerprint density at radius 1 is 1.17 bits per heavy atom. The van der Waals surface area contributed by atoms with E-state index in [9.17, 15) is 4.79 Å². The molecular weight excluding hydrogens is 388 g/mol. The summed E-state index contributed by atoms with van der Waals surface area (Å²) < 4.78 is 5.24. The van der Waals surface area contributed by atoms with Crippen LogP contribution in [-0.2, 0) is 0 Å². The predicted octanol–water partition coefficient (Wildman–Crippen LogP) is 4.51. The summed E-state index contributed by atoms with van der Waals surface area (Å²) in [6.07, 6.45) is 1.48. The van der Waals surface area contributed by atoms with Crippen LogP contribution in [0.5, 0.6) is 5.75 Å². The van der Waals surface area contributed by atoms with E-state index in [-0.39, 0.29) is 5.91 Å². The number of methoxy groups -OCH3 is 1. The van der Waals surface area contributed by atoms with Crippen molar-refractivity contribution in [1.82, 2.24) is 10.4 Å². The maximum absolute atomic E-state index is 12.3. The van der Waals surface area contributed by atoms with Crippen molar-refractivity contribution in [3.63, 3.8) is 0 Å². The number of nitrogens with one attached hydrogen (secondary N) is 1. The van der Waals surface area contributed by atoms with Gasteiger partial charge in [0.2, 0.25) is 0 Å². The van der Waals surface area contributed by atoms with Crippen LogP contribution in [0.1, 0.15) is 29.8 Å². The highest BCUT2D eigenvalue weighted by atomic mass is 35.5. The van der Waals surface area contributed by atoms with Gasteiger partial charge in [0.25, 0.3) is 5.91 Å². The third kappa shape index (κ3) is 4.84. The third-order valence-electron chi connectivity index (χ3n) is 4.63. The predicted molar refractivity (Wildman–Crippen MR) is 118 cm³/mol. The summed E-state index contributed by atoms with van der Waals surface area (Å²) in [4.78, 5) is 18.9. The second-order valence-corrected chi connectivity index (χ2v) is 6.70. The molecule has 0 aliphatic rings. The zero-order valence-electron chi connectivity index (χ0n) is 16.6. The normalized spacial score (nSPS) is 11.0. The Bertz CT molecular complexity index is 1030. The summed E-state index contributed by atoms with van der Waals surface area (Å²) in [5.41, 5.74) is 5.50. The van der Waals surface area contributed by atoms with E-state index in [0.29, 0.717) is 16.3 Å². The smallest absolute Gasteiger partial charge is 0.271 e. The molecule has 6 nitrogen and oxygen atoms in total. The number of halogens is 1. The highest BCUT2D eigenvalue weighted by molar-refractivity contribution is 6.32. The number of fused-ring (bicyclic) bond motifs is 1. The van der Waals surface area contributed by atoms with Crippen LogP contribution in [0.2, 0.25) is 5.15 Å². The fraction of sp³-hybridized carbons (Fsp3) is 0.227. The molecule has 0 unspecified atom stereocenters. The molecule has 0 fully saturated rings. The van der Waals surface area contributed by atoms with Gasteiger partial charge in [-0.1, -0.05) is 11.6 Å². The second kappa shape index (κ2) is 9.39. The van der Waals surface area contributed by atoms with Crippen molar-refractivity contribution in [3.05, 3.63) is 64.8 Å². The monoisotopic (exact) mass is 410 g/mol. The molecule has 1 N–H and O–H groups in total. The Kier molecular flexibility index (Phi) is 6.67. The largest absolute Gasteiger partial charge is 0.497 e. The molecule has 0 aliphatic heterocycles. The fourth-order valence-electron chi connectivity index (χ4n) is 3.00. The lowest BCUT2D eigenvalue weighted by molar-refractivity contribution is 0.0955. The highest BCUT2D eigenvalue weighted by Crippen LogP contribution is 2.23. The third-order valence-corrected chi connectivity index (χ3v) is 4.93. The van der Waals surface area contributed by atoms with E-state index >= 15 is 0 Å². The summed E-state index contributed by atoms with van der Waals surface area (Å²) in [5, 5.41) is 5.21. The van der Waals surface area contributed by atoms with Crippen LogP contribution >= 0.6 is 11.6 Å². The van der Waals surface area contributed by atoms with Gasteiger partial charge in [-0.3, -0.25) is 4.79 Å². The Hall–Kier alpha value is -3.12. The molecule has 0 aliphatic carbocycles. The van der Waals surface area contributed by atoms with Crippen LogP contribution in [0, 0.1) is 0 Å². The highest BCUT2D eigenvalue weighted by Gasteiger charge is 2.08. The molecule has 150 valence electrons. The van der Waals surface area contributed by atoms with E-state index in [2.05, 4.69) is 34.3 Å². The first-order chi connectivity index (χ1) is 14.0. The number of carbonyl (C=O) groups excluding carboxylic acids is 1. The van der Waals surface area contributed by atoms with Crippen molar-refractivity contribution in [1.29, 1.82) is 0 Å². The van der Waals surface area contributed by atoms with Gasteiger partial charge in [-0.2, -0.15) is 5.10 Å². The number of hydrogen-bond donors (Lipinski definition) is 1. The van der Waals surface area contributed by atoms with Crippen molar-refractivity contribution in [2.45, 2.75) is 13.8 Å². The van der Waals surface area contributed by atoms with E-state index in [1.165, 1.54) is 6.21 Å². The van der Waals surface area contributed by atoms with E-state index in [1.807, 2.05) is 36.4 Å². The van der Waals surface area contributed by atoms with Crippen molar-refractivity contribution >= 4 is 40.3 Å². The molecule has 0 saturated heterocycles. The van der Waals surface area contributed by atoms with Gasteiger partial charge in [0.1, 0.15) is 10.9 Å². The summed E-state index contributed by atoms with van der Waals surface area (Å²) in [5.74, 6) is 0.435. The molecule has 7 heteroatoms. The van der Waals surface area contributed by atoms with E-state index in [4.69, 9.17) is 16.3 Å². The molecule has 1 aromatic heterocycles. The van der Waals surface area contributed by atoms with Crippen molar-refractivity contribution in [2.24, 2.45) is 5.10 Å². The zero-order chi connectivity index (χ0) is 20.8. The van der Waals surface area contributed by atoms with E-state index in [0.717, 1.165) is 35.4 Å².